The predicted octanol–water partition coefficient (Wildman–Crippen LogP) is 1.72. The highest BCUT2D eigenvalue weighted by atomic mass is 16.4. The fraction of sp³-hybridized carbons (Fsp3) is 0.929. The van der Waals surface area contributed by atoms with E-state index in [4.69, 9.17) is 10.9 Å². The summed E-state index contributed by atoms with van der Waals surface area (Å²) in [5.41, 5.74) is 5.44. The third kappa shape index (κ3) is 7.38. The van der Waals surface area contributed by atoms with Gasteiger partial charge in [0, 0.05) is 18.0 Å². The van der Waals surface area contributed by atoms with Gasteiger partial charge in [-0.2, -0.15) is 0 Å². The monoisotopic (exact) mass is 272 g/mol. The minimum atomic E-state index is -0.245. The molecule has 0 amide bonds. The number of hydrogen-bond acceptors (Lipinski definition) is 4. The number of amidine groups is 1. The highest BCUT2D eigenvalue weighted by Crippen LogP contribution is 2.22. The van der Waals surface area contributed by atoms with Gasteiger partial charge in [-0.25, -0.2) is 0 Å². The molecule has 0 spiro atoms. The minimum absolute atomic E-state index is 0.245. The molecule has 4 N–H and O–H groups in total. The zero-order valence-electron chi connectivity index (χ0n) is 13.4. The van der Waals surface area contributed by atoms with Gasteiger partial charge in [0.05, 0.1) is 0 Å². The molecule has 0 bridgehead atoms. The van der Waals surface area contributed by atoms with Crippen molar-refractivity contribution in [3.63, 3.8) is 0 Å². The van der Waals surface area contributed by atoms with Crippen molar-refractivity contribution < 1.29 is 5.21 Å². The maximum Gasteiger partial charge on any atom is 0.144 e. The van der Waals surface area contributed by atoms with Crippen LogP contribution in [0.2, 0.25) is 0 Å². The van der Waals surface area contributed by atoms with Gasteiger partial charge < -0.3 is 21.2 Å². The second-order valence-corrected chi connectivity index (χ2v) is 6.54. The molecule has 0 fully saturated rings. The number of likely N-dealkylation sites (N-methyl/N-ethyl adjacent to an activating group) is 1. The normalized spacial score (nSPS) is 15.3. The van der Waals surface area contributed by atoms with Crippen LogP contribution in [0.4, 0.5) is 0 Å². The maximum absolute atomic E-state index is 8.73. The van der Waals surface area contributed by atoms with E-state index in [1.54, 1.807) is 0 Å². The molecule has 0 aliphatic carbocycles. The summed E-state index contributed by atoms with van der Waals surface area (Å²) in [5, 5.41) is 15.4. The molecular weight excluding hydrogens is 240 g/mol. The lowest BCUT2D eigenvalue weighted by atomic mass is 9.86. The van der Waals surface area contributed by atoms with E-state index in [0.29, 0.717) is 17.8 Å². The van der Waals surface area contributed by atoms with Crippen LogP contribution in [0.25, 0.3) is 0 Å². The molecule has 0 aliphatic heterocycles. The standard InChI is InChI=1S/C14H32N4O/c1-11(2)12(10-18(5)6)16-9-7-8-14(3,4)13(15)17-19/h11-12,16,19H,7-10H2,1-6H3,(H2,15,17). The number of nitrogens with one attached hydrogen (secondary N) is 1. The zero-order valence-corrected chi connectivity index (χ0v) is 13.4. The molecule has 0 saturated carbocycles. The molecule has 0 radical (unpaired) electrons. The Morgan fingerprint density at radius 1 is 1.37 bits per heavy atom. The molecule has 1 atom stereocenters. The van der Waals surface area contributed by atoms with E-state index in [0.717, 1.165) is 25.9 Å². The van der Waals surface area contributed by atoms with Crippen molar-refractivity contribution in [1.29, 1.82) is 0 Å². The maximum atomic E-state index is 8.73. The summed E-state index contributed by atoms with van der Waals surface area (Å²) in [6.45, 7) is 10.5. The van der Waals surface area contributed by atoms with Crippen LogP contribution >= 0.6 is 0 Å². The van der Waals surface area contributed by atoms with Crippen LogP contribution in [0, 0.1) is 11.3 Å². The molecule has 0 aromatic carbocycles. The average Bonchev–Trinajstić information content (AvgIpc) is 2.31. The van der Waals surface area contributed by atoms with E-state index in [9.17, 15) is 0 Å². The van der Waals surface area contributed by atoms with Gasteiger partial charge in [0.2, 0.25) is 0 Å². The van der Waals surface area contributed by atoms with E-state index in [2.05, 4.69) is 43.3 Å². The highest BCUT2D eigenvalue weighted by molar-refractivity contribution is 5.85. The first-order valence-electron chi connectivity index (χ1n) is 7.07. The first-order chi connectivity index (χ1) is 8.70. The minimum Gasteiger partial charge on any atom is -0.409 e. The van der Waals surface area contributed by atoms with Gasteiger partial charge in [-0.3, -0.25) is 0 Å². The van der Waals surface area contributed by atoms with Gasteiger partial charge in [0.1, 0.15) is 5.84 Å². The third-order valence-electron chi connectivity index (χ3n) is 3.55. The first-order valence-corrected chi connectivity index (χ1v) is 7.07. The van der Waals surface area contributed by atoms with Crippen LogP contribution < -0.4 is 11.1 Å². The molecule has 0 heterocycles. The lowest BCUT2D eigenvalue weighted by Gasteiger charge is -2.27. The van der Waals surface area contributed by atoms with Crippen molar-refractivity contribution in [2.75, 3.05) is 27.2 Å². The van der Waals surface area contributed by atoms with Crippen LogP contribution in [0.1, 0.15) is 40.5 Å². The smallest absolute Gasteiger partial charge is 0.144 e. The van der Waals surface area contributed by atoms with Crippen LogP contribution in [-0.2, 0) is 0 Å². The second-order valence-electron chi connectivity index (χ2n) is 6.54. The van der Waals surface area contributed by atoms with E-state index < -0.39 is 0 Å². The molecule has 0 aromatic rings. The second kappa shape index (κ2) is 8.38. The number of oxime groups is 1. The SMILES string of the molecule is CC(C)C(CN(C)C)NCCCC(C)(C)C(N)=NO. The molecule has 0 aromatic heterocycles. The quantitative estimate of drug-likeness (QED) is 0.196. The Morgan fingerprint density at radius 3 is 2.37 bits per heavy atom. The Morgan fingerprint density at radius 2 is 1.95 bits per heavy atom. The molecular formula is C14H32N4O. The van der Waals surface area contributed by atoms with E-state index >= 15 is 0 Å². The summed E-state index contributed by atoms with van der Waals surface area (Å²) in [6.07, 6.45) is 1.92. The third-order valence-corrected chi connectivity index (χ3v) is 3.55. The topological polar surface area (TPSA) is 73.9 Å². The molecule has 19 heavy (non-hydrogen) atoms. The van der Waals surface area contributed by atoms with Gasteiger partial charge in [0.25, 0.3) is 0 Å². The van der Waals surface area contributed by atoms with Gasteiger partial charge in [-0.05, 0) is 39.4 Å². The van der Waals surface area contributed by atoms with Gasteiger partial charge >= 0.3 is 0 Å². The number of nitrogens with two attached hydrogens (primary N) is 1. The summed E-state index contributed by atoms with van der Waals surface area (Å²) in [4.78, 5) is 2.21. The molecule has 114 valence electrons. The van der Waals surface area contributed by atoms with Crippen molar-refractivity contribution >= 4 is 5.84 Å². The summed E-state index contributed by atoms with van der Waals surface area (Å²) in [6, 6.07) is 0.502. The lowest BCUT2D eigenvalue weighted by molar-refractivity contribution is 0.283. The molecule has 0 rings (SSSR count). The Balaban J connectivity index is 4.07. The fourth-order valence-electron chi connectivity index (χ4n) is 1.99. The fourth-order valence-corrected chi connectivity index (χ4v) is 1.99. The lowest BCUT2D eigenvalue weighted by Crippen LogP contribution is -2.42. The molecule has 5 heteroatoms. The molecule has 0 aliphatic rings. The van der Waals surface area contributed by atoms with Crippen LogP contribution in [0.5, 0.6) is 0 Å². The van der Waals surface area contributed by atoms with Crippen molar-refractivity contribution in [3.8, 4) is 0 Å². The van der Waals surface area contributed by atoms with E-state index in [1.807, 2.05) is 13.8 Å². The summed E-state index contributed by atoms with van der Waals surface area (Å²) >= 11 is 0. The Hall–Kier alpha value is -0.810. The molecule has 5 nitrogen and oxygen atoms in total. The van der Waals surface area contributed by atoms with Crippen molar-refractivity contribution in [1.82, 2.24) is 10.2 Å². The Kier molecular flexibility index (Phi) is 8.02. The molecule has 0 saturated heterocycles. The van der Waals surface area contributed by atoms with Crippen LogP contribution in [-0.4, -0.2) is 49.2 Å². The Bertz CT molecular complexity index is 275. The predicted molar refractivity (Wildman–Crippen MR) is 81.6 cm³/mol. The summed E-state index contributed by atoms with van der Waals surface area (Å²) in [7, 11) is 4.19. The largest absolute Gasteiger partial charge is 0.409 e. The van der Waals surface area contributed by atoms with Crippen molar-refractivity contribution in [3.05, 3.63) is 0 Å². The first kappa shape index (κ1) is 18.2. The van der Waals surface area contributed by atoms with Gasteiger partial charge in [-0.1, -0.05) is 32.9 Å². The number of hydrogen-bond donors (Lipinski definition) is 3. The Labute approximate surface area is 118 Å². The highest BCUT2D eigenvalue weighted by Gasteiger charge is 2.23. The van der Waals surface area contributed by atoms with Gasteiger partial charge in [0.15, 0.2) is 0 Å². The van der Waals surface area contributed by atoms with Crippen LogP contribution in [0.3, 0.4) is 0 Å². The summed E-state index contributed by atoms with van der Waals surface area (Å²) < 4.78 is 0. The van der Waals surface area contributed by atoms with E-state index in [1.165, 1.54) is 0 Å². The van der Waals surface area contributed by atoms with Crippen molar-refractivity contribution in [2.45, 2.75) is 46.6 Å². The van der Waals surface area contributed by atoms with Crippen molar-refractivity contribution in [2.24, 2.45) is 22.2 Å². The summed E-state index contributed by atoms with van der Waals surface area (Å²) in [5.74, 6) is 0.917. The average molecular weight is 272 g/mol. The zero-order chi connectivity index (χ0) is 15.1. The van der Waals surface area contributed by atoms with Crippen LogP contribution in [0.15, 0.2) is 5.16 Å². The number of rotatable bonds is 9. The van der Waals surface area contributed by atoms with E-state index in [-0.39, 0.29) is 5.41 Å². The molecule has 1 unspecified atom stereocenters. The van der Waals surface area contributed by atoms with Gasteiger partial charge in [-0.15, -0.1) is 0 Å². The number of nitrogens with zero attached hydrogens (tertiary/aromatic N) is 2.